The number of alkyl halides is 1. The van der Waals surface area contributed by atoms with Gasteiger partial charge >= 0.3 is 5.97 Å². The van der Waals surface area contributed by atoms with Gasteiger partial charge in [0.2, 0.25) is 0 Å². The van der Waals surface area contributed by atoms with E-state index in [1.165, 1.54) is 0 Å². The smallest absolute Gasteiger partial charge is 0.310 e. The van der Waals surface area contributed by atoms with Gasteiger partial charge in [-0.3, -0.25) is 4.79 Å². The highest BCUT2D eigenvalue weighted by Gasteiger charge is 2.27. The monoisotopic (exact) mass is 175 g/mol. The Balaban J connectivity index is 2.35. The van der Waals surface area contributed by atoms with Gasteiger partial charge in [0, 0.05) is 13.1 Å². The number of hydrogen-bond donors (Lipinski definition) is 1. The molecular formula is C8H14FNO2. The predicted molar refractivity (Wildman–Crippen MR) is 42.5 cm³/mol. The van der Waals surface area contributed by atoms with Crippen molar-refractivity contribution in [3.8, 4) is 0 Å². The molecule has 1 saturated heterocycles. The minimum absolute atomic E-state index is 0.285. The van der Waals surface area contributed by atoms with Gasteiger partial charge in [-0.05, 0) is 13.3 Å². The number of ether oxygens (including phenoxy) is 1. The highest BCUT2D eigenvalue weighted by Crippen LogP contribution is 2.14. The molecule has 12 heavy (non-hydrogen) atoms. The van der Waals surface area contributed by atoms with Crippen molar-refractivity contribution in [2.24, 2.45) is 5.92 Å². The van der Waals surface area contributed by atoms with Crippen molar-refractivity contribution in [1.82, 2.24) is 5.32 Å². The first kappa shape index (κ1) is 9.45. The lowest BCUT2D eigenvalue weighted by molar-refractivity contribution is -0.149. The molecule has 1 rings (SSSR count). The molecule has 4 heteroatoms. The molecular weight excluding hydrogens is 161 g/mol. The third-order valence-electron chi connectivity index (χ3n) is 1.92. The van der Waals surface area contributed by atoms with E-state index in [2.05, 4.69) is 5.32 Å². The van der Waals surface area contributed by atoms with Crippen molar-refractivity contribution in [3.63, 3.8) is 0 Å². The first-order valence-electron chi connectivity index (χ1n) is 4.25. The number of rotatable bonds is 2. The molecule has 70 valence electrons. The summed E-state index contributed by atoms with van der Waals surface area (Å²) in [7, 11) is 0. The summed E-state index contributed by atoms with van der Waals surface area (Å²) in [5, 5.41) is 2.85. The lowest BCUT2D eigenvalue weighted by Crippen LogP contribution is -2.41. The number of nitrogens with one attached hydrogen (secondary N) is 1. The highest BCUT2D eigenvalue weighted by molar-refractivity contribution is 5.72. The zero-order valence-corrected chi connectivity index (χ0v) is 7.18. The molecule has 0 saturated carbocycles. The summed E-state index contributed by atoms with van der Waals surface area (Å²) in [6.45, 7) is 3.02. The SMILES string of the molecule is CCOC(=O)[C@@H]1CNC[C@@H](F)C1. The van der Waals surface area contributed by atoms with Crippen molar-refractivity contribution in [2.45, 2.75) is 19.5 Å². The van der Waals surface area contributed by atoms with Gasteiger partial charge in [0.1, 0.15) is 6.17 Å². The standard InChI is InChI=1S/C8H14FNO2/c1-2-12-8(11)6-3-7(9)5-10-4-6/h6-7,10H,2-5H2,1H3/t6-,7-/m0/s1. The molecule has 2 atom stereocenters. The van der Waals surface area contributed by atoms with Crippen LogP contribution < -0.4 is 5.32 Å². The summed E-state index contributed by atoms with van der Waals surface area (Å²) >= 11 is 0. The van der Waals surface area contributed by atoms with Gasteiger partial charge in [0.15, 0.2) is 0 Å². The second-order valence-corrected chi connectivity index (χ2v) is 2.94. The fourth-order valence-corrected chi connectivity index (χ4v) is 1.33. The van der Waals surface area contributed by atoms with Gasteiger partial charge in [-0.15, -0.1) is 0 Å². The van der Waals surface area contributed by atoms with Crippen LogP contribution in [0.15, 0.2) is 0 Å². The molecule has 0 aliphatic carbocycles. The lowest BCUT2D eigenvalue weighted by Gasteiger charge is -2.23. The topological polar surface area (TPSA) is 38.3 Å². The minimum atomic E-state index is -0.909. The van der Waals surface area contributed by atoms with Gasteiger partial charge in [-0.1, -0.05) is 0 Å². The van der Waals surface area contributed by atoms with Crippen LogP contribution in [0.5, 0.6) is 0 Å². The molecule has 0 radical (unpaired) electrons. The van der Waals surface area contributed by atoms with E-state index in [-0.39, 0.29) is 11.9 Å². The van der Waals surface area contributed by atoms with Crippen LogP contribution in [0, 0.1) is 5.92 Å². The summed E-state index contributed by atoms with van der Waals surface area (Å²) < 4.78 is 17.5. The maximum atomic E-state index is 12.8. The van der Waals surface area contributed by atoms with E-state index >= 15 is 0 Å². The van der Waals surface area contributed by atoms with Gasteiger partial charge < -0.3 is 10.1 Å². The molecule has 1 N–H and O–H groups in total. The first-order valence-corrected chi connectivity index (χ1v) is 4.25. The largest absolute Gasteiger partial charge is 0.466 e. The van der Waals surface area contributed by atoms with Crippen molar-refractivity contribution in [3.05, 3.63) is 0 Å². The number of piperidine rings is 1. The quantitative estimate of drug-likeness (QED) is 0.621. The van der Waals surface area contributed by atoms with E-state index in [4.69, 9.17) is 4.74 Å². The minimum Gasteiger partial charge on any atom is -0.466 e. The molecule has 1 fully saturated rings. The maximum Gasteiger partial charge on any atom is 0.310 e. The average molecular weight is 175 g/mol. The van der Waals surface area contributed by atoms with Crippen molar-refractivity contribution < 1.29 is 13.9 Å². The summed E-state index contributed by atoms with van der Waals surface area (Å²) in [4.78, 5) is 11.1. The second-order valence-electron chi connectivity index (χ2n) is 2.94. The number of carbonyl (C=O) groups excluding carboxylic acids is 1. The van der Waals surface area contributed by atoms with Crippen LogP contribution in [0.25, 0.3) is 0 Å². The van der Waals surface area contributed by atoms with Crippen LogP contribution in [0.4, 0.5) is 4.39 Å². The molecule has 0 aromatic rings. The Morgan fingerprint density at radius 2 is 2.42 bits per heavy atom. The summed E-state index contributed by atoms with van der Waals surface area (Å²) in [5.41, 5.74) is 0. The van der Waals surface area contributed by atoms with E-state index in [1.807, 2.05) is 0 Å². The molecule has 1 aliphatic rings. The molecule has 3 nitrogen and oxygen atoms in total. The van der Waals surface area contributed by atoms with Gasteiger partial charge in [-0.2, -0.15) is 0 Å². The van der Waals surface area contributed by atoms with E-state index in [0.717, 1.165) is 0 Å². The Morgan fingerprint density at radius 1 is 1.67 bits per heavy atom. The molecule has 0 bridgehead atoms. The molecule has 0 amide bonds. The van der Waals surface area contributed by atoms with E-state index in [9.17, 15) is 9.18 Å². The van der Waals surface area contributed by atoms with Crippen LogP contribution in [0.3, 0.4) is 0 Å². The Bertz CT molecular complexity index is 163. The normalized spacial score (nSPS) is 29.8. The predicted octanol–water partition coefficient (Wildman–Crippen LogP) is 0.497. The van der Waals surface area contributed by atoms with E-state index in [0.29, 0.717) is 26.1 Å². The third kappa shape index (κ3) is 2.44. The number of esters is 1. The second kappa shape index (κ2) is 4.40. The van der Waals surface area contributed by atoms with Crippen LogP contribution in [0.2, 0.25) is 0 Å². The Hall–Kier alpha value is -0.640. The molecule has 0 spiro atoms. The van der Waals surface area contributed by atoms with Crippen molar-refractivity contribution >= 4 is 5.97 Å². The molecule has 0 aromatic heterocycles. The molecule has 0 aromatic carbocycles. The van der Waals surface area contributed by atoms with Crippen LogP contribution in [-0.4, -0.2) is 31.8 Å². The summed E-state index contributed by atoms with van der Waals surface area (Å²) in [5.74, 6) is -0.582. The van der Waals surface area contributed by atoms with Crippen LogP contribution in [-0.2, 0) is 9.53 Å². The third-order valence-corrected chi connectivity index (χ3v) is 1.92. The van der Waals surface area contributed by atoms with Crippen LogP contribution >= 0.6 is 0 Å². The van der Waals surface area contributed by atoms with E-state index < -0.39 is 6.17 Å². The molecule has 1 heterocycles. The zero-order valence-electron chi connectivity index (χ0n) is 7.18. The van der Waals surface area contributed by atoms with Gasteiger partial charge in [-0.25, -0.2) is 4.39 Å². The lowest BCUT2D eigenvalue weighted by atomic mass is 9.99. The van der Waals surface area contributed by atoms with E-state index in [1.54, 1.807) is 6.92 Å². The Labute approximate surface area is 71.3 Å². The number of halogens is 1. The molecule has 0 unspecified atom stereocenters. The van der Waals surface area contributed by atoms with Gasteiger partial charge in [0.05, 0.1) is 12.5 Å². The number of hydrogen-bond acceptors (Lipinski definition) is 3. The van der Waals surface area contributed by atoms with Gasteiger partial charge in [0.25, 0.3) is 0 Å². The summed E-state index contributed by atoms with van der Waals surface area (Å²) in [6, 6.07) is 0. The number of carbonyl (C=O) groups is 1. The fraction of sp³-hybridized carbons (Fsp3) is 0.875. The highest BCUT2D eigenvalue weighted by atomic mass is 19.1. The van der Waals surface area contributed by atoms with Crippen molar-refractivity contribution in [1.29, 1.82) is 0 Å². The zero-order chi connectivity index (χ0) is 8.97. The average Bonchev–Trinajstić information content (AvgIpc) is 2.05. The molecule has 1 aliphatic heterocycles. The Morgan fingerprint density at radius 3 is 3.00 bits per heavy atom. The van der Waals surface area contributed by atoms with Crippen LogP contribution in [0.1, 0.15) is 13.3 Å². The first-order chi connectivity index (χ1) is 5.74. The van der Waals surface area contributed by atoms with Crippen molar-refractivity contribution in [2.75, 3.05) is 19.7 Å². The fourth-order valence-electron chi connectivity index (χ4n) is 1.33. The Kier molecular flexibility index (Phi) is 3.47. The maximum absolute atomic E-state index is 12.8. The summed E-state index contributed by atoms with van der Waals surface area (Å²) in [6.07, 6.45) is -0.612.